The Bertz CT molecular complexity index is 746. The lowest BCUT2D eigenvalue weighted by Crippen LogP contribution is -3.12. The Morgan fingerprint density at radius 1 is 1.16 bits per heavy atom. The molecule has 1 aromatic carbocycles. The summed E-state index contributed by atoms with van der Waals surface area (Å²) in [6.07, 6.45) is 4.02. The van der Waals surface area contributed by atoms with Gasteiger partial charge in [0.25, 0.3) is 0 Å². The summed E-state index contributed by atoms with van der Waals surface area (Å²) in [5.74, 6) is 1.72. The molecule has 0 heterocycles. The first kappa shape index (κ1) is 23.9. The third-order valence-corrected chi connectivity index (χ3v) is 8.54. The van der Waals surface area contributed by atoms with Crippen molar-refractivity contribution in [2.45, 2.75) is 73.3 Å². The van der Waals surface area contributed by atoms with Gasteiger partial charge in [0.05, 0.1) is 31.9 Å². The number of benzene rings is 1. The zero-order valence-electron chi connectivity index (χ0n) is 20.4. The number of amides is 1. The van der Waals surface area contributed by atoms with Crippen LogP contribution >= 0.6 is 0 Å². The highest BCUT2D eigenvalue weighted by molar-refractivity contribution is 5.86. The molecule has 1 amide bonds. The topological polar surface area (TPSA) is 52.0 Å². The zero-order valence-corrected chi connectivity index (χ0v) is 20.4. The van der Waals surface area contributed by atoms with Crippen molar-refractivity contribution in [3.8, 4) is 5.75 Å². The van der Waals surface area contributed by atoms with Crippen molar-refractivity contribution < 1.29 is 19.2 Å². The maximum atomic E-state index is 13.1. The molecule has 2 aliphatic rings. The summed E-state index contributed by atoms with van der Waals surface area (Å²) < 4.78 is 12.1. The van der Waals surface area contributed by atoms with Crippen LogP contribution in [0.25, 0.3) is 0 Å². The number of anilines is 1. The van der Waals surface area contributed by atoms with E-state index in [4.69, 9.17) is 9.47 Å². The largest absolute Gasteiger partial charge is 0.491 e. The van der Waals surface area contributed by atoms with Gasteiger partial charge >= 0.3 is 6.09 Å². The normalized spacial score (nSPS) is 28.7. The summed E-state index contributed by atoms with van der Waals surface area (Å²) in [5.41, 5.74) is 0.877. The number of rotatable bonds is 10. The lowest BCUT2D eigenvalue weighted by Gasteiger charge is -2.39. The molecule has 5 nitrogen and oxygen atoms in total. The first-order chi connectivity index (χ1) is 14.8. The lowest BCUT2D eigenvalue weighted by molar-refractivity contribution is -0.900. The smallest absolute Gasteiger partial charge is 0.412 e. The van der Waals surface area contributed by atoms with Crippen molar-refractivity contribution in [1.82, 2.24) is 0 Å². The third-order valence-electron chi connectivity index (χ3n) is 8.54. The molecule has 2 N–H and O–H groups in total. The average molecular weight is 432 g/mol. The number of unbranched alkanes of at least 4 members (excludes halogenated alkanes) is 1. The maximum absolute atomic E-state index is 13.1. The maximum Gasteiger partial charge on any atom is 0.412 e. The Morgan fingerprint density at radius 3 is 2.55 bits per heavy atom. The fourth-order valence-corrected chi connectivity index (χ4v) is 6.12. The van der Waals surface area contributed by atoms with Crippen LogP contribution in [-0.4, -0.2) is 38.4 Å². The van der Waals surface area contributed by atoms with E-state index < -0.39 is 0 Å². The molecule has 0 spiro atoms. The SMILES string of the molecule is CCCCOc1ccccc1NC(=O)O[C@@H]1[C@H](C[NH+](CC)CC)[C@@H]2CC[C@@]1(C)C2(C)C. The van der Waals surface area contributed by atoms with Gasteiger partial charge < -0.3 is 14.4 Å². The van der Waals surface area contributed by atoms with Gasteiger partial charge in [-0.05, 0) is 56.6 Å². The number of quaternary nitrogens is 1. The minimum Gasteiger partial charge on any atom is -0.491 e. The number of ether oxygens (including phenoxy) is 2. The van der Waals surface area contributed by atoms with Crippen molar-refractivity contribution >= 4 is 11.8 Å². The van der Waals surface area contributed by atoms with E-state index in [1.54, 1.807) is 4.90 Å². The van der Waals surface area contributed by atoms with E-state index in [0.29, 0.717) is 29.9 Å². The second-order valence-corrected chi connectivity index (χ2v) is 10.3. The average Bonchev–Trinajstić information content (AvgIpc) is 3.06. The first-order valence-corrected chi connectivity index (χ1v) is 12.3. The Hall–Kier alpha value is -1.75. The molecule has 2 fully saturated rings. The molecule has 31 heavy (non-hydrogen) atoms. The predicted molar refractivity (Wildman–Crippen MR) is 126 cm³/mol. The van der Waals surface area contributed by atoms with Crippen LogP contribution < -0.4 is 15.0 Å². The van der Waals surface area contributed by atoms with E-state index in [1.807, 2.05) is 24.3 Å². The Kier molecular flexibility index (Phi) is 7.56. The van der Waals surface area contributed by atoms with Crippen molar-refractivity contribution in [3.63, 3.8) is 0 Å². The van der Waals surface area contributed by atoms with Crippen LogP contribution in [0.15, 0.2) is 24.3 Å². The van der Waals surface area contributed by atoms with Gasteiger partial charge in [-0.3, -0.25) is 5.32 Å². The van der Waals surface area contributed by atoms with E-state index in [1.165, 1.54) is 6.42 Å². The number of carbonyl (C=O) groups is 1. The van der Waals surface area contributed by atoms with Gasteiger partial charge in [0, 0.05) is 11.3 Å². The molecule has 0 saturated heterocycles. The van der Waals surface area contributed by atoms with Crippen LogP contribution in [0.3, 0.4) is 0 Å². The highest BCUT2D eigenvalue weighted by Crippen LogP contribution is 2.68. The molecule has 0 radical (unpaired) electrons. The van der Waals surface area contributed by atoms with Gasteiger partial charge in [-0.1, -0.05) is 46.2 Å². The summed E-state index contributed by atoms with van der Waals surface area (Å²) in [6.45, 7) is 17.7. The molecule has 5 heteroatoms. The molecular formula is C26H43N2O3+. The second-order valence-electron chi connectivity index (χ2n) is 10.3. The molecule has 0 aliphatic heterocycles. The fraction of sp³-hybridized carbons (Fsp3) is 0.731. The van der Waals surface area contributed by atoms with Gasteiger partial charge in [-0.25, -0.2) is 4.79 Å². The van der Waals surface area contributed by atoms with Gasteiger partial charge in [0.2, 0.25) is 0 Å². The number of fused-ring (bicyclic) bond motifs is 2. The molecule has 3 rings (SSSR count). The number of carbonyl (C=O) groups excluding carboxylic acids is 1. The predicted octanol–water partition coefficient (Wildman–Crippen LogP) is 4.78. The number of para-hydroxylation sites is 2. The van der Waals surface area contributed by atoms with Crippen LogP contribution in [0.1, 0.15) is 67.2 Å². The summed E-state index contributed by atoms with van der Waals surface area (Å²) in [4.78, 5) is 14.6. The van der Waals surface area contributed by atoms with Gasteiger partial charge in [-0.15, -0.1) is 0 Å². The van der Waals surface area contributed by atoms with Crippen LogP contribution in [0.4, 0.5) is 10.5 Å². The third kappa shape index (κ3) is 4.57. The molecule has 0 unspecified atom stereocenters. The minimum absolute atomic E-state index is 0.0173. The Morgan fingerprint density at radius 2 is 1.87 bits per heavy atom. The van der Waals surface area contributed by atoms with E-state index in [9.17, 15) is 4.79 Å². The molecular weight excluding hydrogens is 388 g/mol. The molecule has 2 bridgehead atoms. The number of nitrogens with one attached hydrogen (secondary N) is 2. The molecule has 1 aromatic rings. The summed E-state index contributed by atoms with van der Waals surface area (Å²) in [7, 11) is 0. The second kappa shape index (κ2) is 9.81. The molecule has 0 aromatic heterocycles. The summed E-state index contributed by atoms with van der Waals surface area (Å²) in [5, 5.41) is 2.98. The number of hydrogen-bond acceptors (Lipinski definition) is 3. The van der Waals surface area contributed by atoms with Crippen molar-refractivity contribution in [1.29, 1.82) is 0 Å². The molecule has 4 atom stereocenters. The van der Waals surface area contributed by atoms with Crippen LogP contribution in [0, 0.1) is 22.7 Å². The van der Waals surface area contributed by atoms with E-state index in [0.717, 1.165) is 38.9 Å². The van der Waals surface area contributed by atoms with E-state index >= 15 is 0 Å². The van der Waals surface area contributed by atoms with E-state index in [2.05, 4.69) is 46.9 Å². The molecule has 174 valence electrons. The number of hydrogen-bond donors (Lipinski definition) is 2. The standard InChI is InChI=1S/C26H42N2O3/c1-7-10-17-30-22-14-12-11-13-21(22)27-24(29)31-23-19(18-28(8-2)9-3)20-15-16-26(23,6)25(20,4)5/h11-14,19-20,23H,7-10,15-18H2,1-6H3,(H,27,29)/p+1/t19-,20+,23-,26-/m1/s1. The monoisotopic (exact) mass is 431 g/mol. The van der Waals surface area contributed by atoms with Crippen molar-refractivity contribution in [3.05, 3.63) is 24.3 Å². The van der Waals surface area contributed by atoms with E-state index in [-0.39, 0.29) is 23.0 Å². The van der Waals surface area contributed by atoms with Gasteiger partial charge in [-0.2, -0.15) is 0 Å². The summed E-state index contributed by atoms with van der Waals surface area (Å²) in [6, 6.07) is 7.63. The first-order valence-electron chi connectivity index (χ1n) is 12.3. The van der Waals surface area contributed by atoms with Crippen molar-refractivity contribution in [2.75, 3.05) is 31.6 Å². The minimum atomic E-state index is -0.360. The lowest BCUT2D eigenvalue weighted by atomic mass is 9.70. The Labute approximate surface area is 188 Å². The summed E-state index contributed by atoms with van der Waals surface area (Å²) >= 11 is 0. The fourth-order valence-electron chi connectivity index (χ4n) is 6.12. The quantitative estimate of drug-likeness (QED) is 0.524. The molecule has 2 saturated carbocycles. The van der Waals surface area contributed by atoms with Gasteiger partial charge in [0.15, 0.2) is 0 Å². The van der Waals surface area contributed by atoms with Crippen LogP contribution in [0.5, 0.6) is 5.75 Å². The zero-order chi connectivity index (χ0) is 22.6. The molecule has 2 aliphatic carbocycles. The highest BCUT2D eigenvalue weighted by atomic mass is 16.6. The van der Waals surface area contributed by atoms with Crippen molar-refractivity contribution in [2.24, 2.45) is 22.7 Å². The highest BCUT2D eigenvalue weighted by Gasteiger charge is 2.68. The van der Waals surface area contributed by atoms with Crippen LogP contribution in [0.2, 0.25) is 0 Å². The van der Waals surface area contributed by atoms with Crippen LogP contribution in [-0.2, 0) is 4.74 Å². The van der Waals surface area contributed by atoms with Gasteiger partial charge in [0.1, 0.15) is 11.9 Å². The Balaban J connectivity index is 1.75.